The zero-order valence-corrected chi connectivity index (χ0v) is 9.52. The van der Waals surface area contributed by atoms with Crippen molar-refractivity contribution in [3.8, 4) is 5.75 Å². The Balaban J connectivity index is 2.69. The summed E-state index contributed by atoms with van der Waals surface area (Å²) in [4.78, 5) is 14.5. The van der Waals surface area contributed by atoms with E-state index < -0.39 is 0 Å². The van der Waals surface area contributed by atoms with E-state index in [-0.39, 0.29) is 11.3 Å². The number of hydrogen-bond acceptors (Lipinski definition) is 3. The van der Waals surface area contributed by atoms with E-state index >= 15 is 0 Å². The number of pyridine rings is 1. The van der Waals surface area contributed by atoms with Gasteiger partial charge in [0, 0.05) is 21.7 Å². The number of benzene rings is 1. The second kappa shape index (κ2) is 3.23. The molecule has 1 aromatic carbocycles. The topological polar surface area (TPSA) is 53.1 Å². The van der Waals surface area contributed by atoms with E-state index in [4.69, 9.17) is 11.6 Å². The normalized spacial score (nSPS) is 11.3. The SMILES string of the molecule is O=c1[nH]c2ccc(O)cc2c2c(Cl)csc12. The summed E-state index contributed by atoms with van der Waals surface area (Å²) in [5.41, 5.74) is 0.528. The lowest BCUT2D eigenvalue weighted by Gasteiger charge is -2.01. The van der Waals surface area contributed by atoms with E-state index in [1.54, 1.807) is 17.5 Å². The van der Waals surface area contributed by atoms with Gasteiger partial charge in [-0.2, -0.15) is 0 Å². The third kappa shape index (κ3) is 1.24. The molecule has 2 N–H and O–H groups in total. The maximum atomic E-state index is 11.7. The predicted molar refractivity (Wildman–Crippen MR) is 66.6 cm³/mol. The lowest BCUT2D eigenvalue weighted by Crippen LogP contribution is -2.03. The molecule has 0 bridgehead atoms. The van der Waals surface area contributed by atoms with Gasteiger partial charge in [0.2, 0.25) is 0 Å². The van der Waals surface area contributed by atoms with E-state index in [0.29, 0.717) is 20.6 Å². The first-order valence-electron chi connectivity index (χ1n) is 4.58. The number of phenols is 1. The number of phenolic OH excluding ortho intramolecular Hbond substituents is 1. The highest BCUT2D eigenvalue weighted by Gasteiger charge is 2.10. The fraction of sp³-hybridized carbons (Fsp3) is 0. The minimum Gasteiger partial charge on any atom is -0.508 e. The maximum absolute atomic E-state index is 11.7. The smallest absolute Gasteiger partial charge is 0.266 e. The van der Waals surface area contributed by atoms with Crippen LogP contribution in [-0.2, 0) is 0 Å². The van der Waals surface area contributed by atoms with Crippen molar-refractivity contribution in [2.24, 2.45) is 0 Å². The number of thiophene rings is 1. The number of aromatic nitrogens is 1. The van der Waals surface area contributed by atoms with Crippen LogP contribution in [0.1, 0.15) is 0 Å². The monoisotopic (exact) mass is 251 g/mol. The number of aromatic hydroxyl groups is 1. The van der Waals surface area contributed by atoms with Gasteiger partial charge in [-0.25, -0.2) is 0 Å². The fourth-order valence-corrected chi connectivity index (χ4v) is 3.00. The van der Waals surface area contributed by atoms with Crippen molar-refractivity contribution in [2.45, 2.75) is 0 Å². The van der Waals surface area contributed by atoms with Crippen molar-refractivity contribution in [1.29, 1.82) is 0 Å². The van der Waals surface area contributed by atoms with Gasteiger partial charge < -0.3 is 10.1 Å². The van der Waals surface area contributed by atoms with Crippen LogP contribution in [0.15, 0.2) is 28.4 Å². The molecule has 0 fully saturated rings. The molecular formula is C11H6ClNO2S. The minimum absolute atomic E-state index is 0.148. The van der Waals surface area contributed by atoms with Gasteiger partial charge in [-0.3, -0.25) is 4.79 Å². The average molecular weight is 252 g/mol. The molecule has 0 unspecified atom stereocenters. The Bertz CT molecular complexity index is 760. The molecule has 0 atom stereocenters. The van der Waals surface area contributed by atoms with Crippen LogP contribution in [0.3, 0.4) is 0 Å². The van der Waals surface area contributed by atoms with Gasteiger partial charge >= 0.3 is 0 Å². The number of nitrogens with one attached hydrogen (secondary N) is 1. The van der Waals surface area contributed by atoms with E-state index in [2.05, 4.69) is 4.98 Å². The Morgan fingerprint density at radius 2 is 2.19 bits per heavy atom. The van der Waals surface area contributed by atoms with Gasteiger partial charge in [-0.1, -0.05) is 11.6 Å². The highest BCUT2D eigenvalue weighted by molar-refractivity contribution is 7.18. The molecule has 0 saturated heterocycles. The third-order valence-electron chi connectivity index (χ3n) is 2.47. The molecule has 0 spiro atoms. The first-order valence-corrected chi connectivity index (χ1v) is 5.84. The summed E-state index contributed by atoms with van der Waals surface area (Å²) in [5.74, 6) is 0.156. The number of fused-ring (bicyclic) bond motifs is 3. The number of halogens is 1. The maximum Gasteiger partial charge on any atom is 0.266 e. The van der Waals surface area contributed by atoms with Gasteiger partial charge in [-0.15, -0.1) is 11.3 Å². The Morgan fingerprint density at radius 1 is 1.38 bits per heavy atom. The van der Waals surface area contributed by atoms with Crippen LogP contribution in [0.5, 0.6) is 5.75 Å². The number of aromatic amines is 1. The molecule has 0 aliphatic rings. The Kier molecular flexibility index (Phi) is 1.96. The van der Waals surface area contributed by atoms with E-state index in [0.717, 1.165) is 5.39 Å². The van der Waals surface area contributed by atoms with Crippen LogP contribution in [-0.4, -0.2) is 10.1 Å². The van der Waals surface area contributed by atoms with E-state index in [9.17, 15) is 9.90 Å². The summed E-state index contributed by atoms with van der Waals surface area (Å²) in [6.45, 7) is 0. The quantitative estimate of drug-likeness (QED) is 0.645. The second-order valence-corrected chi connectivity index (χ2v) is 4.76. The summed E-state index contributed by atoms with van der Waals surface area (Å²) in [5, 5.41) is 13.2. The summed E-state index contributed by atoms with van der Waals surface area (Å²) in [7, 11) is 0. The standard InChI is InChI=1S/C11H6ClNO2S/c12-7-4-16-10-9(7)6-3-5(14)1-2-8(6)13-11(10)15/h1-4,14H,(H,13,15). The zero-order valence-electron chi connectivity index (χ0n) is 7.95. The molecule has 0 amide bonds. The van der Waals surface area contributed by atoms with Crippen LogP contribution in [0.25, 0.3) is 21.0 Å². The summed E-state index contributed by atoms with van der Waals surface area (Å²) >= 11 is 7.36. The minimum atomic E-state index is -0.148. The van der Waals surface area contributed by atoms with Crippen LogP contribution >= 0.6 is 22.9 Å². The van der Waals surface area contributed by atoms with Crippen LogP contribution in [0, 0.1) is 0 Å². The number of hydrogen-bond donors (Lipinski definition) is 2. The van der Waals surface area contributed by atoms with Crippen molar-refractivity contribution in [3.05, 3.63) is 39.0 Å². The molecule has 0 aliphatic carbocycles. The lowest BCUT2D eigenvalue weighted by atomic mass is 10.1. The predicted octanol–water partition coefficient (Wildman–Crippen LogP) is 3.10. The highest BCUT2D eigenvalue weighted by Crippen LogP contribution is 2.33. The van der Waals surface area contributed by atoms with Crippen molar-refractivity contribution >= 4 is 43.9 Å². The van der Waals surface area contributed by atoms with Crippen molar-refractivity contribution in [2.75, 3.05) is 0 Å². The van der Waals surface area contributed by atoms with Crippen LogP contribution in [0.2, 0.25) is 5.02 Å². The van der Waals surface area contributed by atoms with Crippen LogP contribution in [0.4, 0.5) is 0 Å². The number of H-pyrrole nitrogens is 1. The van der Waals surface area contributed by atoms with Gasteiger partial charge in [0.15, 0.2) is 0 Å². The molecular weight excluding hydrogens is 246 g/mol. The van der Waals surface area contributed by atoms with Gasteiger partial charge in [0.1, 0.15) is 10.4 Å². The Morgan fingerprint density at radius 3 is 3.00 bits per heavy atom. The Labute approximate surface area is 98.9 Å². The summed E-state index contributed by atoms with van der Waals surface area (Å²) in [6, 6.07) is 4.80. The molecule has 0 saturated carbocycles. The Hall–Kier alpha value is -1.52. The third-order valence-corrected chi connectivity index (χ3v) is 3.88. The van der Waals surface area contributed by atoms with Crippen molar-refractivity contribution in [1.82, 2.24) is 4.98 Å². The number of rotatable bonds is 0. The molecule has 3 nitrogen and oxygen atoms in total. The zero-order chi connectivity index (χ0) is 11.3. The van der Waals surface area contributed by atoms with E-state index in [1.165, 1.54) is 17.4 Å². The molecule has 0 radical (unpaired) electrons. The summed E-state index contributed by atoms with van der Waals surface area (Å²) < 4.78 is 0.586. The summed E-state index contributed by atoms with van der Waals surface area (Å²) in [6.07, 6.45) is 0. The largest absolute Gasteiger partial charge is 0.508 e. The molecule has 3 aromatic rings. The lowest BCUT2D eigenvalue weighted by molar-refractivity contribution is 0.476. The molecule has 80 valence electrons. The van der Waals surface area contributed by atoms with Gasteiger partial charge in [0.05, 0.1) is 5.02 Å². The highest BCUT2D eigenvalue weighted by atomic mass is 35.5. The van der Waals surface area contributed by atoms with Crippen molar-refractivity contribution in [3.63, 3.8) is 0 Å². The van der Waals surface area contributed by atoms with Gasteiger partial charge in [-0.05, 0) is 18.2 Å². The van der Waals surface area contributed by atoms with E-state index in [1.807, 2.05) is 0 Å². The molecule has 5 heteroatoms. The van der Waals surface area contributed by atoms with Crippen LogP contribution < -0.4 is 5.56 Å². The van der Waals surface area contributed by atoms with Crippen molar-refractivity contribution < 1.29 is 5.11 Å². The molecule has 2 heterocycles. The molecule has 3 rings (SSSR count). The second-order valence-electron chi connectivity index (χ2n) is 3.47. The average Bonchev–Trinajstić information content (AvgIpc) is 2.63. The fourth-order valence-electron chi connectivity index (χ4n) is 1.78. The molecule has 0 aliphatic heterocycles. The van der Waals surface area contributed by atoms with Gasteiger partial charge in [0.25, 0.3) is 5.56 Å². The first kappa shape index (κ1) is 9.69. The first-order chi connectivity index (χ1) is 7.66. The molecule has 16 heavy (non-hydrogen) atoms. The molecule has 2 aromatic heterocycles.